The van der Waals surface area contributed by atoms with Crippen molar-refractivity contribution in [2.45, 2.75) is 25.8 Å². The molecule has 0 aromatic heterocycles. The topological polar surface area (TPSA) is 48.9 Å². The molecule has 0 saturated carbocycles. The molecule has 0 aliphatic carbocycles. The van der Waals surface area contributed by atoms with Crippen molar-refractivity contribution >= 4 is 11.6 Å². The van der Waals surface area contributed by atoms with Crippen LogP contribution in [0, 0.1) is 0 Å². The molecule has 0 amide bonds. The van der Waals surface area contributed by atoms with Crippen molar-refractivity contribution in [3.63, 3.8) is 0 Å². The monoisotopic (exact) mass is 366 g/mol. The van der Waals surface area contributed by atoms with E-state index < -0.39 is 0 Å². The first-order valence-electron chi connectivity index (χ1n) is 9.76. The number of ether oxygens (including phenoxy) is 1. The van der Waals surface area contributed by atoms with Crippen molar-refractivity contribution in [1.82, 2.24) is 10.6 Å². The minimum absolute atomic E-state index is 0.420. The van der Waals surface area contributed by atoms with E-state index in [0.717, 1.165) is 50.7 Å². The van der Waals surface area contributed by atoms with E-state index in [1.807, 2.05) is 12.1 Å². The Hall–Kier alpha value is -2.69. The van der Waals surface area contributed by atoms with E-state index in [2.05, 4.69) is 64.9 Å². The summed E-state index contributed by atoms with van der Waals surface area (Å²) in [4.78, 5) is 7.19. The standard InChI is InChI=1S/C22H30N4O/c1-3-23-22(24-15-13-18-9-11-21(27-2)12-10-18)25-19-14-16-26(17-19)20-7-5-4-6-8-20/h4-12,19H,3,13-17H2,1-2H3,(H2,23,24,25). The second-order valence-electron chi connectivity index (χ2n) is 6.77. The Morgan fingerprint density at radius 1 is 1.15 bits per heavy atom. The molecule has 1 aliphatic heterocycles. The SMILES string of the molecule is CCNC(=NCCc1ccc(OC)cc1)NC1CCN(c2ccccc2)C1. The minimum atomic E-state index is 0.420. The lowest BCUT2D eigenvalue weighted by Gasteiger charge is -2.20. The third-order valence-corrected chi connectivity index (χ3v) is 4.82. The first-order chi connectivity index (χ1) is 13.3. The smallest absolute Gasteiger partial charge is 0.191 e. The molecule has 3 rings (SSSR count). The highest BCUT2D eigenvalue weighted by Crippen LogP contribution is 2.19. The molecule has 1 heterocycles. The van der Waals surface area contributed by atoms with Crippen LogP contribution in [0.4, 0.5) is 5.69 Å². The maximum atomic E-state index is 5.21. The van der Waals surface area contributed by atoms with Gasteiger partial charge in [0.25, 0.3) is 0 Å². The fraction of sp³-hybridized carbons (Fsp3) is 0.409. The van der Waals surface area contributed by atoms with Gasteiger partial charge in [0, 0.05) is 37.9 Å². The molecule has 1 saturated heterocycles. The Morgan fingerprint density at radius 2 is 1.93 bits per heavy atom. The molecule has 0 bridgehead atoms. The highest BCUT2D eigenvalue weighted by atomic mass is 16.5. The molecule has 27 heavy (non-hydrogen) atoms. The molecular weight excluding hydrogens is 336 g/mol. The molecule has 1 atom stereocenters. The van der Waals surface area contributed by atoms with Crippen molar-refractivity contribution in [3.05, 3.63) is 60.2 Å². The zero-order chi connectivity index (χ0) is 18.9. The van der Waals surface area contributed by atoms with Crippen molar-refractivity contribution in [2.75, 3.05) is 38.2 Å². The summed E-state index contributed by atoms with van der Waals surface area (Å²) in [6, 6.07) is 19.2. The van der Waals surface area contributed by atoms with Crippen molar-refractivity contribution in [2.24, 2.45) is 4.99 Å². The maximum absolute atomic E-state index is 5.21. The number of nitrogens with one attached hydrogen (secondary N) is 2. The van der Waals surface area contributed by atoms with Gasteiger partial charge in [-0.3, -0.25) is 4.99 Å². The zero-order valence-corrected chi connectivity index (χ0v) is 16.3. The molecule has 2 N–H and O–H groups in total. The molecular formula is C22H30N4O. The minimum Gasteiger partial charge on any atom is -0.497 e. The largest absolute Gasteiger partial charge is 0.497 e. The van der Waals surface area contributed by atoms with E-state index in [1.54, 1.807) is 7.11 Å². The molecule has 2 aromatic carbocycles. The Labute approximate surface area is 162 Å². The molecule has 2 aromatic rings. The Bertz CT molecular complexity index is 715. The lowest BCUT2D eigenvalue weighted by Crippen LogP contribution is -2.44. The van der Waals surface area contributed by atoms with Crippen LogP contribution >= 0.6 is 0 Å². The van der Waals surface area contributed by atoms with Gasteiger partial charge in [0.1, 0.15) is 5.75 Å². The van der Waals surface area contributed by atoms with Gasteiger partial charge in [-0.2, -0.15) is 0 Å². The zero-order valence-electron chi connectivity index (χ0n) is 16.3. The number of aliphatic imine (C=N–C) groups is 1. The summed E-state index contributed by atoms with van der Waals surface area (Å²) < 4.78 is 5.21. The first-order valence-corrected chi connectivity index (χ1v) is 9.76. The Morgan fingerprint density at radius 3 is 2.63 bits per heavy atom. The van der Waals surface area contributed by atoms with Crippen LogP contribution in [0.1, 0.15) is 18.9 Å². The molecule has 144 valence electrons. The van der Waals surface area contributed by atoms with Gasteiger partial charge in [-0.05, 0) is 49.6 Å². The first kappa shape index (κ1) is 19.1. The summed E-state index contributed by atoms with van der Waals surface area (Å²) in [5.41, 5.74) is 2.56. The quantitative estimate of drug-likeness (QED) is 0.584. The molecule has 0 spiro atoms. The lowest BCUT2D eigenvalue weighted by atomic mass is 10.1. The van der Waals surface area contributed by atoms with E-state index in [9.17, 15) is 0 Å². The number of methoxy groups -OCH3 is 1. The normalized spacial score (nSPS) is 17.0. The average Bonchev–Trinajstić information content (AvgIpc) is 3.18. The van der Waals surface area contributed by atoms with Crippen LogP contribution in [-0.2, 0) is 6.42 Å². The van der Waals surface area contributed by atoms with E-state index in [1.165, 1.54) is 11.3 Å². The fourth-order valence-electron chi connectivity index (χ4n) is 3.35. The van der Waals surface area contributed by atoms with Gasteiger partial charge < -0.3 is 20.3 Å². The number of hydrogen-bond donors (Lipinski definition) is 2. The summed E-state index contributed by atoms with van der Waals surface area (Å²) in [6.07, 6.45) is 2.04. The Balaban J connectivity index is 1.51. The molecule has 0 radical (unpaired) electrons. The number of para-hydroxylation sites is 1. The van der Waals surface area contributed by atoms with Gasteiger partial charge in [-0.1, -0.05) is 30.3 Å². The lowest BCUT2D eigenvalue weighted by molar-refractivity contribution is 0.414. The van der Waals surface area contributed by atoms with Crippen LogP contribution in [-0.4, -0.2) is 45.3 Å². The predicted molar refractivity (Wildman–Crippen MR) is 113 cm³/mol. The number of anilines is 1. The van der Waals surface area contributed by atoms with Gasteiger partial charge in [-0.25, -0.2) is 0 Å². The van der Waals surface area contributed by atoms with E-state index >= 15 is 0 Å². The second-order valence-corrected chi connectivity index (χ2v) is 6.77. The molecule has 1 fully saturated rings. The van der Waals surface area contributed by atoms with E-state index in [4.69, 9.17) is 9.73 Å². The summed E-state index contributed by atoms with van der Waals surface area (Å²) in [5.74, 6) is 1.80. The van der Waals surface area contributed by atoms with Crippen LogP contribution in [0.15, 0.2) is 59.6 Å². The van der Waals surface area contributed by atoms with Crippen molar-refractivity contribution in [3.8, 4) is 5.75 Å². The number of hydrogen-bond acceptors (Lipinski definition) is 3. The number of nitrogens with zero attached hydrogens (tertiary/aromatic N) is 2. The van der Waals surface area contributed by atoms with Crippen LogP contribution < -0.4 is 20.3 Å². The average molecular weight is 367 g/mol. The Kier molecular flexibility index (Phi) is 6.97. The summed E-state index contributed by atoms with van der Waals surface area (Å²) in [6.45, 7) is 5.81. The van der Waals surface area contributed by atoms with Crippen LogP contribution in [0.5, 0.6) is 5.75 Å². The fourth-order valence-corrected chi connectivity index (χ4v) is 3.35. The summed E-state index contributed by atoms with van der Waals surface area (Å²) >= 11 is 0. The van der Waals surface area contributed by atoms with Crippen LogP contribution in [0.3, 0.4) is 0 Å². The van der Waals surface area contributed by atoms with Crippen molar-refractivity contribution in [1.29, 1.82) is 0 Å². The summed E-state index contributed by atoms with van der Waals surface area (Å²) in [7, 11) is 1.69. The number of rotatable bonds is 7. The van der Waals surface area contributed by atoms with Gasteiger partial charge in [0.2, 0.25) is 0 Å². The van der Waals surface area contributed by atoms with Gasteiger partial charge in [0.05, 0.1) is 7.11 Å². The third-order valence-electron chi connectivity index (χ3n) is 4.82. The van der Waals surface area contributed by atoms with Gasteiger partial charge >= 0.3 is 0 Å². The maximum Gasteiger partial charge on any atom is 0.191 e. The summed E-state index contributed by atoms with van der Waals surface area (Å²) in [5, 5.41) is 6.97. The molecule has 5 heteroatoms. The van der Waals surface area contributed by atoms with Gasteiger partial charge in [-0.15, -0.1) is 0 Å². The van der Waals surface area contributed by atoms with Crippen LogP contribution in [0.2, 0.25) is 0 Å². The second kappa shape index (κ2) is 9.86. The predicted octanol–water partition coefficient (Wildman–Crippen LogP) is 3.07. The van der Waals surface area contributed by atoms with E-state index in [0.29, 0.717) is 6.04 Å². The van der Waals surface area contributed by atoms with Gasteiger partial charge in [0.15, 0.2) is 5.96 Å². The highest BCUT2D eigenvalue weighted by molar-refractivity contribution is 5.80. The number of guanidine groups is 1. The van der Waals surface area contributed by atoms with E-state index in [-0.39, 0.29) is 0 Å². The molecule has 5 nitrogen and oxygen atoms in total. The number of benzene rings is 2. The highest BCUT2D eigenvalue weighted by Gasteiger charge is 2.23. The molecule has 1 unspecified atom stereocenters. The van der Waals surface area contributed by atoms with Crippen molar-refractivity contribution < 1.29 is 4.74 Å². The molecule has 1 aliphatic rings. The third kappa shape index (κ3) is 5.64. The van der Waals surface area contributed by atoms with Crippen LogP contribution in [0.25, 0.3) is 0 Å².